The van der Waals surface area contributed by atoms with Gasteiger partial charge in [-0.15, -0.1) is 0 Å². The van der Waals surface area contributed by atoms with Gasteiger partial charge < -0.3 is 0 Å². The fourth-order valence-electron chi connectivity index (χ4n) is 3.26. The Balaban J connectivity index is 1.56. The summed E-state index contributed by atoms with van der Waals surface area (Å²) in [4.78, 5) is 0. The van der Waals surface area contributed by atoms with E-state index in [2.05, 4.69) is 30.7 Å². The highest BCUT2D eigenvalue weighted by Gasteiger charge is 2.31. The Bertz CT molecular complexity index is 330. The van der Waals surface area contributed by atoms with Crippen molar-refractivity contribution in [1.29, 1.82) is 0 Å². The summed E-state index contributed by atoms with van der Waals surface area (Å²) in [5, 5.41) is 0. The molecule has 15 heavy (non-hydrogen) atoms. The molecule has 0 aliphatic heterocycles. The smallest absolute Gasteiger partial charge is 0.00966 e. The summed E-state index contributed by atoms with van der Waals surface area (Å²) in [5.41, 5.74) is 3.32. The van der Waals surface area contributed by atoms with Crippen LogP contribution in [0.1, 0.15) is 38.5 Å². The van der Waals surface area contributed by atoms with E-state index in [-0.39, 0.29) is 0 Å². The quantitative estimate of drug-likeness (QED) is 0.597. The minimum absolute atomic E-state index is 0.953. The second kappa shape index (κ2) is 4.00. The van der Waals surface area contributed by atoms with Crippen LogP contribution in [0.3, 0.4) is 0 Å². The molecule has 0 aromatic carbocycles. The van der Waals surface area contributed by atoms with Crippen LogP contribution in [0, 0.1) is 18.3 Å². The lowest BCUT2D eigenvalue weighted by atomic mass is 9.91. The van der Waals surface area contributed by atoms with E-state index in [1.165, 1.54) is 32.1 Å². The van der Waals surface area contributed by atoms with Crippen LogP contribution >= 0.6 is 0 Å². The van der Waals surface area contributed by atoms with Crippen molar-refractivity contribution in [3.8, 4) is 0 Å². The van der Waals surface area contributed by atoms with Gasteiger partial charge in [0.1, 0.15) is 0 Å². The number of rotatable bonds is 3. The number of allylic oxidation sites excluding steroid dienone is 6. The van der Waals surface area contributed by atoms with Crippen molar-refractivity contribution in [1.82, 2.24) is 0 Å². The van der Waals surface area contributed by atoms with Gasteiger partial charge in [0.05, 0.1) is 0 Å². The van der Waals surface area contributed by atoms with E-state index in [1.54, 1.807) is 11.1 Å². The average molecular weight is 199 g/mol. The van der Waals surface area contributed by atoms with Crippen molar-refractivity contribution in [3.05, 3.63) is 41.9 Å². The summed E-state index contributed by atoms with van der Waals surface area (Å²) in [6.07, 6.45) is 19.8. The molecule has 2 atom stereocenters. The zero-order chi connectivity index (χ0) is 10.1. The molecule has 2 bridgehead atoms. The first-order valence-corrected chi connectivity index (χ1v) is 6.31. The fourth-order valence-corrected chi connectivity index (χ4v) is 3.26. The van der Waals surface area contributed by atoms with E-state index in [0.29, 0.717) is 0 Å². The number of fused-ring (bicyclic) bond motifs is 2. The van der Waals surface area contributed by atoms with Crippen molar-refractivity contribution >= 4 is 0 Å². The molecular weight excluding hydrogens is 180 g/mol. The van der Waals surface area contributed by atoms with Gasteiger partial charge in [-0.25, -0.2) is 0 Å². The molecule has 3 aliphatic carbocycles. The van der Waals surface area contributed by atoms with Gasteiger partial charge in [0.15, 0.2) is 0 Å². The standard InChI is InChI=1S/C15H19/c1-2-4-12(5-3-1)6-8-14-10-13-7-9-15(14)11-13/h1-2,4-5,10,13,15H,3,6-9,11H2. The Labute approximate surface area is 92.8 Å². The van der Waals surface area contributed by atoms with E-state index < -0.39 is 0 Å². The molecule has 0 heteroatoms. The molecule has 3 rings (SSSR count). The zero-order valence-electron chi connectivity index (χ0n) is 9.28. The van der Waals surface area contributed by atoms with E-state index in [9.17, 15) is 0 Å². The van der Waals surface area contributed by atoms with Crippen LogP contribution in [0.25, 0.3) is 0 Å². The molecule has 0 aromatic rings. The van der Waals surface area contributed by atoms with Gasteiger partial charge in [-0.1, -0.05) is 35.5 Å². The van der Waals surface area contributed by atoms with Crippen LogP contribution in [0.15, 0.2) is 35.5 Å². The van der Waals surface area contributed by atoms with Crippen LogP contribution in [-0.4, -0.2) is 0 Å². The maximum absolute atomic E-state index is 2.58. The van der Waals surface area contributed by atoms with Crippen LogP contribution in [0.5, 0.6) is 0 Å². The van der Waals surface area contributed by atoms with E-state index in [4.69, 9.17) is 0 Å². The second-order valence-electron chi connectivity index (χ2n) is 5.12. The largest absolute Gasteiger partial charge is 0.0839 e. The summed E-state index contributed by atoms with van der Waals surface area (Å²) in [6, 6.07) is 0. The summed E-state index contributed by atoms with van der Waals surface area (Å²) in [7, 11) is 0. The summed E-state index contributed by atoms with van der Waals surface area (Å²) >= 11 is 0. The van der Waals surface area contributed by atoms with Crippen LogP contribution in [0.2, 0.25) is 0 Å². The molecule has 0 aromatic heterocycles. The molecule has 0 nitrogen and oxygen atoms in total. The minimum Gasteiger partial charge on any atom is -0.0839 e. The average Bonchev–Trinajstić information content (AvgIpc) is 2.89. The highest BCUT2D eigenvalue weighted by Crippen LogP contribution is 2.45. The van der Waals surface area contributed by atoms with E-state index >= 15 is 0 Å². The third kappa shape index (κ3) is 1.95. The lowest BCUT2D eigenvalue weighted by molar-refractivity contribution is 0.624. The topological polar surface area (TPSA) is 0 Å². The molecule has 3 aliphatic rings. The molecule has 0 spiro atoms. The predicted molar refractivity (Wildman–Crippen MR) is 64.3 cm³/mol. The molecule has 1 fully saturated rings. The van der Waals surface area contributed by atoms with E-state index in [1.807, 2.05) is 0 Å². The Morgan fingerprint density at radius 3 is 2.87 bits per heavy atom. The van der Waals surface area contributed by atoms with Gasteiger partial charge in [0, 0.05) is 0 Å². The fraction of sp³-hybridized carbons (Fsp3) is 0.533. The molecular formula is C15H19. The molecule has 0 heterocycles. The number of hydrogen-bond acceptors (Lipinski definition) is 0. The Hall–Kier alpha value is -0.780. The van der Waals surface area contributed by atoms with Crippen molar-refractivity contribution < 1.29 is 0 Å². The van der Waals surface area contributed by atoms with Gasteiger partial charge in [-0.3, -0.25) is 0 Å². The Morgan fingerprint density at radius 2 is 2.20 bits per heavy atom. The lowest BCUT2D eigenvalue weighted by Crippen LogP contribution is -1.98. The highest BCUT2D eigenvalue weighted by molar-refractivity contribution is 5.28. The van der Waals surface area contributed by atoms with Crippen molar-refractivity contribution in [2.75, 3.05) is 0 Å². The summed E-state index contributed by atoms with van der Waals surface area (Å²) < 4.78 is 0. The molecule has 1 saturated carbocycles. The zero-order valence-corrected chi connectivity index (χ0v) is 9.28. The van der Waals surface area contributed by atoms with Gasteiger partial charge in [-0.2, -0.15) is 0 Å². The second-order valence-corrected chi connectivity index (χ2v) is 5.12. The molecule has 79 valence electrons. The minimum atomic E-state index is 0.953. The Morgan fingerprint density at radius 1 is 1.20 bits per heavy atom. The van der Waals surface area contributed by atoms with Crippen molar-refractivity contribution in [3.63, 3.8) is 0 Å². The molecule has 0 N–H and O–H groups in total. The third-order valence-electron chi connectivity index (χ3n) is 4.11. The molecule has 1 radical (unpaired) electrons. The monoisotopic (exact) mass is 199 g/mol. The van der Waals surface area contributed by atoms with Crippen molar-refractivity contribution in [2.24, 2.45) is 11.8 Å². The first-order valence-electron chi connectivity index (χ1n) is 6.31. The van der Waals surface area contributed by atoms with Gasteiger partial charge in [0.25, 0.3) is 0 Å². The molecule has 0 amide bonds. The van der Waals surface area contributed by atoms with Crippen LogP contribution in [0.4, 0.5) is 0 Å². The van der Waals surface area contributed by atoms with Gasteiger partial charge >= 0.3 is 0 Å². The summed E-state index contributed by atoms with van der Waals surface area (Å²) in [5.74, 6) is 1.92. The highest BCUT2D eigenvalue weighted by atomic mass is 14.4. The first-order chi connectivity index (χ1) is 7.42. The van der Waals surface area contributed by atoms with Gasteiger partial charge in [0.2, 0.25) is 0 Å². The van der Waals surface area contributed by atoms with Crippen molar-refractivity contribution in [2.45, 2.75) is 38.5 Å². The van der Waals surface area contributed by atoms with Crippen LogP contribution in [-0.2, 0) is 0 Å². The molecule has 2 unspecified atom stereocenters. The van der Waals surface area contributed by atoms with Gasteiger partial charge in [-0.05, 0) is 56.8 Å². The maximum Gasteiger partial charge on any atom is -0.00966 e. The first kappa shape index (κ1) is 9.45. The molecule has 0 saturated heterocycles. The predicted octanol–water partition coefficient (Wildman–Crippen LogP) is 4.21. The van der Waals surface area contributed by atoms with Crippen LogP contribution < -0.4 is 0 Å². The SMILES string of the molecule is [CH]1CC=CC=C1CCC1=CC2CCC1C2. The van der Waals surface area contributed by atoms with E-state index in [0.717, 1.165) is 18.3 Å². The lowest BCUT2D eigenvalue weighted by Gasteiger charge is -2.15. The maximum atomic E-state index is 2.58. The third-order valence-corrected chi connectivity index (χ3v) is 4.11. The normalized spacial score (nSPS) is 33.1. The Kier molecular flexibility index (Phi) is 2.52. The summed E-state index contributed by atoms with van der Waals surface area (Å²) in [6.45, 7) is 0. The number of hydrogen-bond donors (Lipinski definition) is 0.